The standard InChI is InChI=1S/C31H37ClN2O3S/c1-23-7-15-29(16-8-23)38(36,37)34-19-17-25-20-26(11-12-27(25)22-34)30(35)6-5-18-33(31(2,3)4)21-24-9-13-28(32)14-10-24/h7-16,20H,5-6,17-19,21-22H2,1-4H3. The summed E-state index contributed by atoms with van der Waals surface area (Å²) in [6, 6.07) is 20.6. The second-order valence-corrected chi connectivity index (χ2v) is 13.5. The molecule has 38 heavy (non-hydrogen) atoms. The number of halogens is 1. The molecule has 0 spiro atoms. The highest BCUT2D eigenvalue weighted by Crippen LogP contribution is 2.27. The van der Waals surface area contributed by atoms with Gasteiger partial charge in [-0.2, -0.15) is 4.31 Å². The number of hydrogen-bond acceptors (Lipinski definition) is 4. The fraction of sp³-hybridized carbons (Fsp3) is 0.387. The van der Waals surface area contributed by atoms with Crippen molar-refractivity contribution in [3.63, 3.8) is 0 Å². The topological polar surface area (TPSA) is 57.7 Å². The van der Waals surface area contributed by atoms with Gasteiger partial charge in [-0.3, -0.25) is 9.69 Å². The number of hydrogen-bond donors (Lipinski definition) is 0. The van der Waals surface area contributed by atoms with Crippen LogP contribution in [-0.2, 0) is 29.5 Å². The molecule has 0 fully saturated rings. The lowest BCUT2D eigenvalue weighted by Crippen LogP contribution is -2.41. The lowest BCUT2D eigenvalue weighted by Gasteiger charge is -2.36. The van der Waals surface area contributed by atoms with E-state index in [4.69, 9.17) is 11.6 Å². The van der Waals surface area contributed by atoms with Gasteiger partial charge < -0.3 is 0 Å². The number of carbonyl (C=O) groups excluding carboxylic acids is 1. The van der Waals surface area contributed by atoms with E-state index in [2.05, 4.69) is 25.7 Å². The zero-order valence-electron chi connectivity index (χ0n) is 22.7. The van der Waals surface area contributed by atoms with E-state index in [1.54, 1.807) is 12.1 Å². The van der Waals surface area contributed by atoms with Gasteiger partial charge in [-0.15, -0.1) is 0 Å². The molecule has 1 heterocycles. The molecule has 0 aliphatic carbocycles. The number of Topliss-reactive ketones (excluding diaryl/α,β-unsaturated/α-hetero) is 1. The van der Waals surface area contributed by atoms with Gasteiger partial charge in [-0.05, 0) is 94.1 Å². The number of rotatable bonds is 9. The Balaban J connectivity index is 1.36. The van der Waals surface area contributed by atoms with Crippen LogP contribution in [0.2, 0.25) is 5.02 Å². The van der Waals surface area contributed by atoms with Crippen molar-refractivity contribution in [2.75, 3.05) is 13.1 Å². The molecular formula is C31H37ClN2O3S. The van der Waals surface area contributed by atoms with Gasteiger partial charge in [0, 0.05) is 42.2 Å². The monoisotopic (exact) mass is 552 g/mol. The zero-order chi connectivity index (χ0) is 27.5. The average Bonchev–Trinajstić information content (AvgIpc) is 2.88. The molecule has 0 saturated heterocycles. The van der Waals surface area contributed by atoms with Crippen LogP contribution in [0.3, 0.4) is 0 Å². The minimum atomic E-state index is -3.55. The minimum Gasteiger partial charge on any atom is -0.294 e. The average molecular weight is 553 g/mol. The third-order valence-electron chi connectivity index (χ3n) is 7.23. The molecule has 7 heteroatoms. The van der Waals surface area contributed by atoms with Gasteiger partial charge >= 0.3 is 0 Å². The first-order chi connectivity index (χ1) is 17.9. The van der Waals surface area contributed by atoms with E-state index in [-0.39, 0.29) is 11.3 Å². The molecule has 4 rings (SSSR count). The maximum Gasteiger partial charge on any atom is 0.243 e. The van der Waals surface area contributed by atoms with Gasteiger partial charge in [-0.25, -0.2) is 8.42 Å². The van der Waals surface area contributed by atoms with E-state index in [0.717, 1.165) is 41.2 Å². The fourth-order valence-corrected chi connectivity index (χ4v) is 6.35. The summed E-state index contributed by atoms with van der Waals surface area (Å²) in [6.45, 7) is 10.9. The molecule has 0 N–H and O–H groups in total. The highest BCUT2D eigenvalue weighted by atomic mass is 35.5. The molecule has 0 radical (unpaired) electrons. The number of ketones is 1. The molecule has 5 nitrogen and oxygen atoms in total. The van der Waals surface area contributed by atoms with Crippen LogP contribution >= 0.6 is 11.6 Å². The second-order valence-electron chi connectivity index (χ2n) is 11.1. The Labute approximate surface area is 232 Å². The largest absolute Gasteiger partial charge is 0.294 e. The summed E-state index contributed by atoms with van der Waals surface area (Å²) in [5, 5.41) is 0.729. The normalized spacial score (nSPS) is 14.5. The van der Waals surface area contributed by atoms with Crippen LogP contribution in [-0.4, -0.2) is 42.0 Å². The van der Waals surface area contributed by atoms with Crippen molar-refractivity contribution in [1.82, 2.24) is 9.21 Å². The first-order valence-electron chi connectivity index (χ1n) is 13.1. The van der Waals surface area contributed by atoms with E-state index in [1.165, 1.54) is 9.87 Å². The van der Waals surface area contributed by atoms with Crippen LogP contribution in [0.5, 0.6) is 0 Å². The fourth-order valence-electron chi connectivity index (χ4n) is 4.80. The Bertz CT molecular complexity index is 1380. The third kappa shape index (κ3) is 6.92. The summed E-state index contributed by atoms with van der Waals surface area (Å²) < 4.78 is 27.8. The van der Waals surface area contributed by atoms with Crippen molar-refractivity contribution in [2.45, 2.75) is 70.5 Å². The molecule has 3 aromatic carbocycles. The number of aryl methyl sites for hydroxylation is 1. The Hall–Kier alpha value is -2.51. The lowest BCUT2D eigenvalue weighted by atomic mass is 9.95. The van der Waals surface area contributed by atoms with Crippen LogP contribution in [0.15, 0.2) is 71.6 Å². The van der Waals surface area contributed by atoms with Crippen LogP contribution < -0.4 is 0 Å². The van der Waals surface area contributed by atoms with Crippen molar-refractivity contribution in [3.8, 4) is 0 Å². The lowest BCUT2D eigenvalue weighted by molar-refractivity contribution is 0.0945. The number of sulfonamides is 1. The van der Waals surface area contributed by atoms with Crippen LogP contribution in [0.25, 0.3) is 0 Å². The molecule has 0 unspecified atom stereocenters. The predicted octanol–water partition coefficient (Wildman–Crippen LogP) is 6.66. The minimum absolute atomic E-state index is 0.0285. The molecule has 0 atom stereocenters. The zero-order valence-corrected chi connectivity index (χ0v) is 24.3. The van der Waals surface area contributed by atoms with Crippen LogP contribution in [0.4, 0.5) is 0 Å². The third-order valence-corrected chi connectivity index (χ3v) is 9.34. The summed E-state index contributed by atoms with van der Waals surface area (Å²) >= 11 is 6.04. The van der Waals surface area contributed by atoms with Crippen molar-refractivity contribution in [3.05, 3.63) is 99.6 Å². The number of benzene rings is 3. The van der Waals surface area contributed by atoms with E-state index in [9.17, 15) is 13.2 Å². The highest BCUT2D eigenvalue weighted by Gasteiger charge is 2.29. The van der Waals surface area contributed by atoms with Gasteiger partial charge in [0.15, 0.2) is 5.78 Å². The Morgan fingerprint density at radius 3 is 2.32 bits per heavy atom. The molecular weight excluding hydrogens is 516 g/mol. The molecule has 1 aliphatic rings. The summed E-state index contributed by atoms with van der Waals surface area (Å²) in [6.07, 6.45) is 1.84. The van der Waals surface area contributed by atoms with Crippen molar-refractivity contribution >= 4 is 27.4 Å². The number of carbonyl (C=O) groups is 1. The smallest absolute Gasteiger partial charge is 0.243 e. The molecule has 3 aromatic rings. The summed E-state index contributed by atoms with van der Waals surface area (Å²) in [5.74, 6) is 0.128. The van der Waals surface area contributed by atoms with Crippen molar-refractivity contribution < 1.29 is 13.2 Å². The van der Waals surface area contributed by atoms with E-state index >= 15 is 0 Å². The van der Waals surface area contributed by atoms with E-state index in [0.29, 0.717) is 36.4 Å². The molecule has 0 aromatic heterocycles. The Kier molecular flexibility index (Phi) is 8.78. The molecule has 0 saturated carbocycles. The van der Waals surface area contributed by atoms with E-state index < -0.39 is 10.0 Å². The number of fused-ring (bicyclic) bond motifs is 1. The van der Waals surface area contributed by atoms with Gasteiger partial charge in [0.2, 0.25) is 10.0 Å². The molecule has 0 bridgehead atoms. The van der Waals surface area contributed by atoms with Gasteiger partial charge in [0.25, 0.3) is 0 Å². The van der Waals surface area contributed by atoms with Crippen LogP contribution in [0.1, 0.15) is 66.2 Å². The Morgan fingerprint density at radius 1 is 0.974 bits per heavy atom. The first kappa shape index (κ1) is 28.5. The van der Waals surface area contributed by atoms with Crippen LogP contribution in [0, 0.1) is 6.92 Å². The Morgan fingerprint density at radius 2 is 1.66 bits per heavy atom. The quantitative estimate of drug-likeness (QED) is 0.278. The van der Waals surface area contributed by atoms with Crippen molar-refractivity contribution in [1.29, 1.82) is 0 Å². The van der Waals surface area contributed by atoms with Gasteiger partial charge in [-0.1, -0.05) is 53.6 Å². The maximum absolute atomic E-state index is 13.1. The molecule has 0 amide bonds. The summed E-state index contributed by atoms with van der Waals surface area (Å²) in [4.78, 5) is 15.8. The summed E-state index contributed by atoms with van der Waals surface area (Å²) in [5.41, 5.74) is 4.93. The second kappa shape index (κ2) is 11.7. The maximum atomic E-state index is 13.1. The molecule has 202 valence electrons. The van der Waals surface area contributed by atoms with E-state index in [1.807, 2.05) is 61.5 Å². The number of nitrogens with zero attached hydrogens (tertiary/aromatic N) is 2. The van der Waals surface area contributed by atoms with Crippen molar-refractivity contribution in [2.24, 2.45) is 0 Å². The predicted molar refractivity (Wildman–Crippen MR) is 154 cm³/mol. The van der Waals surface area contributed by atoms with Gasteiger partial charge in [0.1, 0.15) is 0 Å². The molecule has 1 aliphatic heterocycles. The first-order valence-corrected chi connectivity index (χ1v) is 15.0. The highest BCUT2D eigenvalue weighted by molar-refractivity contribution is 7.89. The SMILES string of the molecule is Cc1ccc(S(=O)(=O)N2CCc3cc(C(=O)CCCN(Cc4ccc(Cl)cc4)C(C)(C)C)ccc3C2)cc1. The van der Waals surface area contributed by atoms with Gasteiger partial charge in [0.05, 0.1) is 4.90 Å². The summed E-state index contributed by atoms with van der Waals surface area (Å²) in [7, 11) is -3.55.